The second-order valence-corrected chi connectivity index (χ2v) is 6.07. The summed E-state index contributed by atoms with van der Waals surface area (Å²) in [5.74, 6) is -0.547. The van der Waals surface area contributed by atoms with E-state index in [9.17, 15) is 9.36 Å². The zero-order chi connectivity index (χ0) is 12.6. The summed E-state index contributed by atoms with van der Waals surface area (Å²) >= 11 is 0. The van der Waals surface area contributed by atoms with Gasteiger partial charge in [-0.25, -0.2) is 11.4 Å². The fourth-order valence-corrected chi connectivity index (χ4v) is 2.56. The molecule has 0 saturated carbocycles. The number of rotatable bonds is 7. The molecule has 2 atom stereocenters. The third-order valence-corrected chi connectivity index (χ3v) is 3.80. The van der Waals surface area contributed by atoms with Crippen LogP contribution in [0.25, 0.3) is 4.85 Å². The maximum absolute atomic E-state index is 11.7. The van der Waals surface area contributed by atoms with Crippen molar-refractivity contribution in [1.82, 2.24) is 0 Å². The first-order valence-corrected chi connectivity index (χ1v) is 7.46. The molecule has 2 unspecified atom stereocenters. The molecule has 0 spiro atoms. The monoisotopic (exact) mass is 247 g/mol. The second-order valence-electron chi connectivity index (χ2n) is 3.34. The Bertz CT molecular complexity index is 310. The van der Waals surface area contributed by atoms with Gasteiger partial charge in [0, 0.05) is 19.2 Å². The lowest BCUT2D eigenvalue weighted by Crippen LogP contribution is -2.21. The lowest BCUT2D eigenvalue weighted by Gasteiger charge is -2.12. The Hall–Kier alpha value is -0.850. The molecule has 0 saturated heterocycles. The summed E-state index contributed by atoms with van der Waals surface area (Å²) in [4.78, 5) is 14.5. The van der Waals surface area contributed by atoms with E-state index in [0.717, 1.165) is 0 Å². The van der Waals surface area contributed by atoms with Gasteiger partial charge in [-0.05, 0) is 13.8 Å². The third kappa shape index (κ3) is 5.89. The van der Waals surface area contributed by atoms with Crippen LogP contribution in [0, 0.1) is 6.57 Å². The van der Waals surface area contributed by atoms with E-state index in [0.29, 0.717) is 6.61 Å². The van der Waals surface area contributed by atoms with Crippen molar-refractivity contribution in [2.24, 2.45) is 0 Å². The first-order valence-electron chi connectivity index (χ1n) is 5.21. The van der Waals surface area contributed by atoms with E-state index in [4.69, 9.17) is 15.8 Å². The van der Waals surface area contributed by atoms with Crippen LogP contribution < -0.4 is 0 Å². The summed E-state index contributed by atoms with van der Waals surface area (Å²) in [5, 5.41) is 0. The highest BCUT2D eigenvalue weighted by Gasteiger charge is 2.28. The van der Waals surface area contributed by atoms with Gasteiger partial charge in [0.15, 0.2) is 7.37 Å². The zero-order valence-electron chi connectivity index (χ0n) is 9.93. The molecule has 5 nitrogen and oxygen atoms in total. The van der Waals surface area contributed by atoms with E-state index >= 15 is 0 Å². The largest absolute Gasteiger partial charge is 0.460 e. The number of hydrogen-bond acceptors (Lipinski definition) is 4. The minimum Gasteiger partial charge on any atom is -0.460 e. The van der Waals surface area contributed by atoms with Crippen LogP contribution in [0.2, 0.25) is 0 Å². The Kier molecular flexibility index (Phi) is 7.03. The highest BCUT2D eigenvalue weighted by atomic mass is 31.2. The fourth-order valence-electron chi connectivity index (χ4n) is 1.17. The van der Waals surface area contributed by atoms with Crippen LogP contribution >= 0.6 is 7.37 Å². The molecule has 0 aromatic heterocycles. The van der Waals surface area contributed by atoms with Gasteiger partial charge in [0.2, 0.25) is 0 Å². The third-order valence-electron chi connectivity index (χ3n) is 1.93. The minimum absolute atomic E-state index is 0.218. The normalized spacial score (nSPS) is 15.9. The molecule has 0 bridgehead atoms. The van der Waals surface area contributed by atoms with Gasteiger partial charge in [0.1, 0.15) is 0 Å². The molecular weight excluding hydrogens is 229 g/mol. The molecule has 0 rings (SSSR count). The molecule has 0 heterocycles. The summed E-state index contributed by atoms with van der Waals surface area (Å²) < 4.78 is 21.5. The smallest absolute Gasteiger partial charge is 0.390 e. The summed E-state index contributed by atoms with van der Waals surface area (Å²) in [6.45, 7) is 12.5. The maximum atomic E-state index is 11.7. The van der Waals surface area contributed by atoms with E-state index < -0.39 is 19.4 Å². The van der Waals surface area contributed by atoms with Gasteiger partial charge in [0.05, 0.1) is 13.2 Å². The molecule has 0 aromatic rings. The fraction of sp³-hybridized carbons (Fsp3) is 0.800. The molecule has 92 valence electrons. The van der Waals surface area contributed by atoms with Gasteiger partial charge >= 0.3 is 12.0 Å². The van der Waals surface area contributed by atoms with E-state index in [1.165, 1.54) is 6.66 Å². The number of nitrogens with zero attached hydrogens (tertiary/aromatic N) is 1. The SMILES string of the molecule is [C-]#[N+]C(CCP(C)(=O)OCC)C(=O)OCC. The van der Waals surface area contributed by atoms with Crippen LogP contribution in [0.5, 0.6) is 0 Å². The Balaban J connectivity index is 4.21. The highest BCUT2D eigenvalue weighted by Crippen LogP contribution is 2.43. The maximum Gasteiger partial charge on any atom is 0.390 e. The Morgan fingerprint density at radius 2 is 2.06 bits per heavy atom. The van der Waals surface area contributed by atoms with Crippen molar-refractivity contribution in [3.63, 3.8) is 0 Å². The van der Waals surface area contributed by atoms with Crippen molar-refractivity contribution in [2.45, 2.75) is 26.3 Å². The van der Waals surface area contributed by atoms with Crippen LogP contribution in [0.4, 0.5) is 0 Å². The van der Waals surface area contributed by atoms with Crippen molar-refractivity contribution < 1.29 is 18.6 Å². The minimum atomic E-state index is -2.67. The predicted octanol–water partition coefficient (Wildman–Crippen LogP) is 2.17. The van der Waals surface area contributed by atoms with Gasteiger partial charge < -0.3 is 14.1 Å². The summed E-state index contributed by atoms with van der Waals surface area (Å²) in [5.41, 5.74) is 0. The molecule has 0 radical (unpaired) electrons. The number of carbonyl (C=O) groups is 1. The summed E-state index contributed by atoms with van der Waals surface area (Å²) in [7, 11) is -2.67. The Morgan fingerprint density at radius 1 is 1.44 bits per heavy atom. The van der Waals surface area contributed by atoms with Crippen molar-refractivity contribution in [3.8, 4) is 0 Å². The standard InChI is InChI=1S/C10H18NO4P/c1-5-14-10(12)9(11-3)7-8-16(4,13)15-6-2/h9H,5-8H2,1-2,4H3. The molecule has 0 aliphatic carbocycles. The van der Waals surface area contributed by atoms with E-state index in [-0.39, 0.29) is 19.2 Å². The molecular formula is C10H18NO4P. The van der Waals surface area contributed by atoms with Gasteiger partial charge in [-0.1, -0.05) is 0 Å². The number of ether oxygens (including phenoxy) is 1. The molecule has 0 fully saturated rings. The molecule has 0 aliphatic heterocycles. The van der Waals surface area contributed by atoms with Crippen molar-refractivity contribution >= 4 is 13.3 Å². The number of esters is 1. The average molecular weight is 247 g/mol. The predicted molar refractivity (Wildman–Crippen MR) is 61.7 cm³/mol. The Morgan fingerprint density at radius 3 is 2.50 bits per heavy atom. The highest BCUT2D eigenvalue weighted by molar-refractivity contribution is 7.58. The molecule has 6 heteroatoms. The number of hydrogen-bond donors (Lipinski definition) is 0. The van der Waals surface area contributed by atoms with Crippen LogP contribution in [0.15, 0.2) is 0 Å². The van der Waals surface area contributed by atoms with Crippen molar-refractivity contribution in [3.05, 3.63) is 11.4 Å². The van der Waals surface area contributed by atoms with E-state index in [1.807, 2.05) is 0 Å². The van der Waals surface area contributed by atoms with Gasteiger partial charge in [0.25, 0.3) is 0 Å². The molecule has 0 amide bonds. The molecule has 0 aromatic carbocycles. The topological polar surface area (TPSA) is 57.0 Å². The van der Waals surface area contributed by atoms with Crippen LogP contribution in [-0.4, -0.2) is 38.1 Å². The van der Waals surface area contributed by atoms with Crippen LogP contribution in [-0.2, 0) is 18.6 Å². The number of carbonyl (C=O) groups excluding carboxylic acids is 1. The first-order chi connectivity index (χ1) is 7.46. The molecule has 0 N–H and O–H groups in total. The van der Waals surface area contributed by atoms with E-state index in [1.54, 1.807) is 13.8 Å². The first kappa shape index (κ1) is 15.2. The van der Waals surface area contributed by atoms with Gasteiger partial charge in [-0.2, -0.15) is 0 Å². The lowest BCUT2D eigenvalue weighted by atomic mass is 10.2. The molecule has 0 aliphatic rings. The zero-order valence-corrected chi connectivity index (χ0v) is 10.8. The van der Waals surface area contributed by atoms with Crippen LogP contribution in [0.3, 0.4) is 0 Å². The van der Waals surface area contributed by atoms with Crippen LogP contribution in [0.1, 0.15) is 20.3 Å². The Labute approximate surface area is 96.4 Å². The lowest BCUT2D eigenvalue weighted by molar-refractivity contribution is -0.143. The second kappa shape index (κ2) is 7.43. The molecule has 16 heavy (non-hydrogen) atoms. The quantitative estimate of drug-likeness (QED) is 0.393. The van der Waals surface area contributed by atoms with Crippen molar-refractivity contribution in [2.75, 3.05) is 26.0 Å². The summed E-state index contributed by atoms with van der Waals surface area (Å²) in [6.07, 6.45) is 0.447. The van der Waals surface area contributed by atoms with Crippen molar-refractivity contribution in [1.29, 1.82) is 0 Å². The summed E-state index contributed by atoms with van der Waals surface area (Å²) in [6, 6.07) is -0.867. The average Bonchev–Trinajstić information content (AvgIpc) is 2.18. The van der Waals surface area contributed by atoms with E-state index in [2.05, 4.69) is 4.85 Å². The van der Waals surface area contributed by atoms with Gasteiger partial charge in [-0.3, -0.25) is 4.57 Å². The van der Waals surface area contributed by atoms with Gasteiger partial charge in [-0.15, -0.1) is 0 Å².